The van der Waals surface area contributed by atoms with Crippen molar-refractivity contribution in [3.8, 4) is 5.82 Å². The molecule has 0 radical (unpaired) electrons. The maximum absolute atomic E-state index is 13.5. The molecule has 1 amide bonds. The van der Waals surface area contributed by atoms with Crippen molar-refractivity contribution < 1.29 is 18.0 Å². The minimum absolute atomic E-state index is 0.0379. The van der Waals surface area contributed by atoms with Gasteiger partial charge in [-0.3, -0.25) is 4.79 Å². The molecule has 0 unspecified atom stereocenters. The number of amides is 1. The number of fused-ring (bicyclic) bond motifs is 1. The minimum atomic E-state index is -4.53. The van der Waals surface area contributed by atoms with E-state index in [9.17, 15) is 18.0 Å². The maximum Gasteiger partial charge on any atom is 0.416 e. The van der Waals surface area contributed by atoms with E-state index in [4.69, 9.17) is 11.6 Å². The summed E-state index contributed by atoms with van der Waals surface area (Å²) in [7, 11) is 0. The number of aromatic nitrogens is 4. The fraction of sp³-hybridized carbons (Fsp3) is 0.222. The van der Waals surface area contributed by atoms with Gasteiger partial charge in [-0.1, -0.05) is 29.8 Å². The van der Waals surface area contributed by atoms with E-state index in [2.05, 4.69) is 20.6 Å². The van der Waals surface area contributed by atoms with E-state index >= 15 is 0 Å². The van der Waals surface area contributed by atoms with Crippen LogP contribution in [0.4, 0.5) is 19.0 Å². The lowest BCUT2D eigenvalue weighted by Gasteiger charge is -2.26. The Bertz CT molecular complexity index is 1060. The van der Waals surface area contributed by atoms with Crippen molar-refractivity contribution in [3.05, 3.63) is 63.9 Å². The number of carbonyl (C=O) groups is 1. The molecular weight excluding hydrogens is 395 g/mol. The van der Waals surface area contributed by atoms with Crippen molar-refractivity contribution in [1.82, 2.24) is 20.0 Å². The van der Waals surface area contributed by atoms with Crippen molar-refractivity contribution in [2.75, 3.05) is 5.32 Å². The molecule has 4 rings (SSSR count). The van der Waals surface area contributed by atoms with Crippen molar-refractivity contribution in [2.24, 2.45) is 0 Å². The van der Waals surface area contributed by atoms with Crippen LogP contribution in [0.15, 0.2) is 36.4 Å². The first-order valence-electron chi connectivity index (χ1n) is 8.31. The summed E-state index contributed by atoms with van der Waals surface area (Å²) >= 11 is 5.75. The third-order valence-corrected chi connectivity index (χ3v) is 4.78. The second-order valence-corrected chi connectivity index (χ2v) is 6.75. The van der Waals surface area contributed by atoms with E-state index in [1.165, 1.54) is 28.9 Å². The van der Waals surface area contributed by atoms with Gasteiger partial charge in [0.25, 0.3) is 0 Å². The highest BCUT2D eigenvalue weighted by Gasteiger charge is 2.39. The number of hydrogen-bond acceptors (Lipinski definition) is 4. The van der Waals surface area contributed by atoms with Gasteiger partial charge in [0.15, 0.2) is 11.0 Å². The predicted octanol–water partition coefficient (Wildman–Crippen LogP) is 4.12. The summed E-state index contributed by atoms with van der Waals surface area (Å²) in [6.45, 7) is 1.68. The number of carbonyl (C=O) groups excluding carboxylic acids is 1. The zero-order valence-corrected chi connectivity index (χ0v) is 15.2. The number of alkyl halides is 3. The Hall–Kier alpha value is -2.94. The maximum atomic E-state index is 13.5. The van der Waals surface area contributed by atoms with Crippen LogP contribution in [0.25, 0.3) is 5.82 Å². The fourth-order valence-electron chi connectivity index (χ4n) is 3.46. The predicted molar refractivity (Wildman–Crippen MR) is 95.4 cm³/mol. The van der Waals surface area contributed by atoms with E-state index in [1.807, 2.05) is 0 Å². The SMILES string of the molecule is Cc1nn(-c2ccc(Cl)nn2)c2c1[C@@H](c1ccccc1C(F)(F)F)CC(=O)N2. The number of benzene rings is 1. The van der Waals surface area contributed by atoms with Crippen LogP contribution in [0.1, 0.15) is 34.7 Å². The molecule has 1 aromatic carbocycles. The molecule has 0 aliphatic carbocycles. The standard InChI is InChI=1S/C18H13ClF3N5O/c1-9-16-11(10-4-2-3-5-12(10)18(20,21)22)8-15(28)23-17(16)27(26-9)14-7-6-13(19)24-25-14/h2-7,11H,8H2,1H3,(H,23,28)/t11-/m1/s1. The Morgan fingerprint density at radius 2 is 1.93 bits per heavy atom. The van der Waals surface area contributed by atoms with Crippen LogP contribution < -0.4 is 5.32 Å². The highest BCUT2D eigenvalue weighted by atomic mass is 35.5. The molecule has 3 heterocycles. The van der Waals surface area contributed by atoms with Gasteiger partial charge in [0.05, 0.1) is 11.3 Å². The molecule has 3 aromatic rings. The van der Waals surface area contributed by atoms with Crippen molar-refractivity contribution in [3.63, 3.8) is 0 Å². The molecule has 28 heavy (non-hydrogen) atoms. The third-order valence-electron chi connectivity index (χ3n) is 4.58. The van der Waals surface area contributed by atoms with E-state index in [0.717, 1.165) is 6.07 Å². The number of nitrogens with one attached hydrogen (secondary N) is 1. The molecule has 2 aromatic heterocycles. The Morgan fingerprint density at radius 3 is 2.61 bits per heavy atom. The summed E-state index contributed by atoms with van der Waals surface area (Å²) < 4.78 is 42.0. The zero-order valence-electron chi connectivity index (χ0n) is 14.5. The first-order chi connectivity index (χ1) is 13.3. The van der Waals surface area contributed by atoms with Gasteiger partial charge in [0, 0.05) is 17.9 Å². The number of nitrogens with zero attached hydrogens (tertiary/aromatic N) is 4. The molecule has 0 bridgehead atoms. The monoisotopic (exact) mass is 407 g/mol. The number of rotatable bonds is 2. The number of halogens is 4. The molecule has 1 N–H and O–H groups in total. The van der Waals surface area contributed by atoms with E-state index in [0.29, 0.717) is 17.1 Å². The number of hydrogen-bond donors (Lipinski definition) is 1. The molecule has 1 aliphatic rings. The van der Waals surface area contributed by atoms with Gasteiger partial charge >= 0.3 is 6.18 Å². The average Bonchev–Trinajstić information content (AvgIpc) is 2.97. The fourth-order valence-corrected chi connectivity index (χ4v) is 3.56. The summed E-state index contributed by atoms with van der Waals surface area (Å²) in [4.78, 5) is 12.3. The Kier molecular flexibility index (Phi) is 4.34. The molecule has 0 saturated heterocycles. The van der Waals surface area contributed by atoms with Crippen LogP contribution in [-0.4, -0.2) is 25.9 Å². The highest BCUT2D eigenvalue weighted by molar-refractivity contribution is 6.29. The first kappa shape index (κ1) is 18.4. The van der Waals surface area contributed by atoms with Crippen LogP contribution >= 0.6 is 11.6 Å². The topological polar surface area (TPSA) is 72.7 Å². The summed E-state index contributed by atoms with van der Waals surface area (Å²) in [6, 6.07) is 8.34. The molecule has 144 valence electrons. The molecule has 6 nitrogen and oxygen atoms in total. The van der Waals surface area contributed by atoms with Crippen LogP contribution in [0.3, 0.4) is 0 Å². The highest BCUT2D eigenvalue weighted by Crippen LogP contribution is 2.44. The molecule has 1 atom stereocenters. The zero-order chi connectivity index (χ0) is 20.1. The van der Waals surface area contributed by atoms with Gasteiger partial charge < -0.3 is 5.32 Å². The van der Waals surface area contributed by atoms with Crippen LogP contribution in [-0.2, 0) is 11.0 Å². The first-order valence-corrected chi connectivity index (χ1v) is 8.68. The van der Waals surface area contributed by atoms with Crippen LogP contribution in [0.5, 0.6) is 0 Å². The largest absolute Gasteiger partial charge is 0.416 e. The van der Waals surface area contributed by atoms with Crippen LogP contribution in [0, 0.1) is 6.92 Å². The molecule has 0 fully saturated rings. The number of aryl methyl sites for hydroxylation is 1. The Balaban J connectivity index is 1.90. The van der Waals surface area contributed by atoms with Crippen LogP contribution in [0.2, 0.25) is 5.15 Å². The van der Waals surface area contributed by atoms with Crippen molar-refractivity contribution >= 4 is 23.3 Å². The van der Waals surface area contributed by atoms with E-state index in [1.54, 1.807) is 13.0 Å². The third kappa shape index (κ3) is 3.11. The second-order valence-electron chi connectivity index (χ2n) is 6.36. The Morgan fingerprint density at radius 1 is 1.18 bits per heavy atom. The van der Waals surface area contributed by atoms with E-state index in [-0.39, 0.29) is 23.0 Å². The van der Waals surface area contributed by atoms with Gasteiger partial charge in [-0.15, -0.1) is 10.2 Å². The van der Waals surface area contributed by atoms with Gasteiger partial charge in [-0.2, -0.15) is 23.0 Å². The molecule has 0 saturated carbocycles. The van der Waals surface area contributed by atoms with Gasteiger partial charge in [-0.05, 0) is 30.7 Å². The summed E-state index contributed by atoms with van der Waals surface area (Å²) in [5.74, 6) is -0.612. The number of anilines is 1. The van der Waals surface area contributed by atoms with Gasteiger partial charge in [0.1, 0.15) is 5.82 Å². The summed E-state index contributed by atoms with van der Waals surface area (Å²) in [6.07, 6.45) is -4.64. The van der Waals surface area contributed by atoms with Gasteiger partial charge in [-0.25, -0.2) is 0 Å². The smallest absolute Gasteiger partial charge is 0.310 e. The Labute approximate surface area is 162 Å². The second kappa shape index (κ2) is 6.59. The molecule has 1 aliphatic heterocycles. The lowest BCUT2D eigenvalue weighted by atomic mass is 9.83. The molecular formula is C18H13ClF3N5O. The molecule has 10 heteroatoms. The summed E-state index contributed by atoms with van der Waals surface area (Å²) in [5.41, 5.74) is 0.289. The summed E-state index contributed by atoms with van der Waals surface area (Å²) in [5, 5.41) is 14.9. The van der Waals surface area contributed by atoms with Gasteiger partial charge in [0.2, 0.25) is 5.91 Å². The minimum Gasteiger partial charge on any atom is -0.310 e. The lowest BCUT2D eigenvalue weighted by Crippen LogP contribution is -2.26. The van der Waals surface area contributed by atoms with Crippen molar-refractivity contribution in [1.29, 1.82) is 0 Å². The lowest BCUT2D eigenvalue weighted by molar-refractivity contribution is -0.138. The average molecular weight is 408 g/mol. The van der Waals surface area contributed by atoms with E-state index < -0.39 is 23.6 Å². The quantitative estimate of drug-likeness (QED) is 0.693. The normalized spacial score (nSPS) is 16.6. The molecule has 0 spiro atoms. The van der Waals surface area contributed by atoms with Crippen molar-refractivity contribution in [2.45, 2.75) is 25.4 Å².